The zero-order valence-corrected chi connectivity index (χ0v) is 14.2. The quantitative estimate of drug-likeness (QED) is 0.636. The minimum absolute atomic E-state index is 0.0987. The second-order valence-corrected chi connectivity index (χ2v) is 7.95. The van der Waals surface area contributed by atoms with Crippen LogP contribution in [-0.4, -0.2) is 44.1 Å². The van der Waals surface area contributed by atoms with E-state index in [1.54, 1.807) is 7.05 Å². The summed E-state index contributed by atoms with van der Waals surface area (Å²) in [6.45, 7) is 0.440. The lowest BCUT2D eigenvalue weighted by molar-refractivity contribution is 0.422. The first-order chi connectivity index (χ1) is 11.6. The first kappa shape index (κ1) is 16.5. The molecule has 1 aromatic carbocycles. The monoisotopic (exact) mass is 348 g/mol. The van der Waals surface area contributed by atoms with Crippen LogP contribution in [0.1, 0.15) is 12.1 Å². The second kappa shape index (κ2) is 7.04. The Morgan fingerprint density at radius 3 is 2.83 bits per heavy atom. The van der Waals surface area contributed by atoms with Crippen molar-refractivity contribution in [2.75, 3.05) is 18.6 Å². The summed E-state index contributed by atoms with van der Waals surface area (Å²) in [5.41, 5.74) is 1.71. The molecule has 0 bridgehead atoms. The summed E-state index contributed by atoms with van der Waals surface area (Å²) in [4.78, 5) is 4.12. The molecule has 7 nitrogen and oxygen atoms in total. The maximum atomic E-state index is 11.5. The van der Waals surface area contributed by atoms with Crippen LogP contribution in [0.5, 0.6) is 0 Å². The van der Waals surface area contributed by atoms with Gasteiger partial charge in [-0.1, -0.05) is 35.5 Å². The van der Waals surface area contributed by atoms with Gasteiger partial charge in [-0.3, -0.25) is 4.99 Å². The molecule has 1 aliphatic rings. The molecule has 128 valence electrons. The third kappa shape index (κ3) is 4.14. The number of aromatic nitrogens is 1. The van der Waals surface area contributed by atoms with Crippen molar-refractivity contribution in [3.63, 3.8) is 0 Å². The molecule has 0 spiro atoms. The van der Waals surface area contributed by atoms with Crippen LogP contribution in [0.2, 0.25) is 0 Å². The van der Waals surface area contributed by atoms with Crippen molar-refractivity contribution in [2.45, 2.75) is 19.0 Å². The van der Waals surface area contributed by atoms with Crippen molar-refractivity contribution in [1.82, 2.24) is 15.8 Å². The number of guanidine groups is 1. The van der Waals surface area contributed by atoms with Gasteiger partial charge in [0, 0.05) is 24.7 Å². The van der Waals surface area contributed by atoms with Crippen molar-refractivity contribution in [2.24, 2.45) is 4.99 Å². The molecule has 24 heavy (non-hydrogen) atoms. The third-order valence-electron chi connectivity index (χ3n) is 3.85. The van der Waals surface area contributed by atoms with Crippen LogP contribution >= 0.6 is 0 Å². The molecular formula is C16H20N4O3S. The van der Waals surface area contributed by atoms with E-state index in [1.165, 1.54) is 0 Å². The summed E-state index contributed by atoms with van der Waals surface area (Å²) in [6, 6.07) is 11.5. The number of nitrogens with zero attached hydrogens (tertiary/aromatic N) is 2. The van der Waals surface area contributed by atoms with Gasteiger partial charge in [0.1, 0.15) is 5.69 Å². The lowest BCUT2D eigenvalue weighted by Gasteiger charge is -2.15. The minimum atomic E-state index is -2.92. The van der Waals surface area contributed by atoms with Crippen molar-refractivity contribution in [3.8, 4) is 11.3 Å². The maximum absolute atomic E-state index is 11.5. The van der Waals surface area contributed by atoms with Crippen molar-refractivity contribution in [3.05, 3.63) is 42.1 Å². The van der Waals surface area contributed by atoms with E-state index in [2.05, 4.69) is 20.8 Å². The van der Waals surface area contributed by atoms with E-state index < -0.39 is 9.84 Å². The number of hydrogen-bond donors (Lipinski definition) is 2. The summed E-state index contributed by atoms with van der Waals surface area (Å²) in [5.74, 6) is 1.64. The first-order valence-electron chi connectivity index (χ1n) is 7.74. The molecule has 0 radical (unpaired) electrons. The zero-order valence-electron chi connectivity index (χ0n) is 13.4. The minimum Gasteiger partial charge on any atom is -0.356 e. The Morgan fingerprint density at radius 1 is 1.38 bits per heavy atom. The number of rotatable bonds is 4. The molecule has 1 unspecified atom stereocenters. The summed E-state index contributed by atoms with van der Waals surface area (Å²) in [5, 5.41) is 10.3. The molecule has 2 N–H and O–H groups in total. The van der Waals surface area contributed by atoms with Crippen LogP contribution in [-0.2, 0) is 16.4 Å². The fourth-order valence-corrected chi connectivity index (χ4v) is 4.28. The van der Waals surface area contributed by atoms with Gasteiger partial charge in [0.15, 0.2) is 21.6 Å². The molecule has 1 aliphatic heterocycles. The van der Waals surface area contributed by atoms with Crippen molar-refractivity contribution >= 4 is 15.8 Å². The van der Waals surface area contributed by atoms with Crippen LogP contribution in [0.4, 0.5) is 0 Å². The summed E-state index contributed by atoms with van der Waals surface area (Å²) in [6.07, 6.45) is 0.602. The van der Waals surface area contributed by atoms with Gasteiger partial charge in [-0.25, -0.2) is 8.42 Å². The van der Waals surface area contributed by atoms with Crippen LogP contribution in [0.3, 0.4) is 0 Å². The Kier molecular flexibility index (Phi) is 4.84. The molecule has 0 aliphatic carbocycles. The average molecular weight is 348 g/mol. The molecule has 1 saturated heterocycles. The largest absolute Gasteiger partial charge is 0.356 e. The topological polar surface area (TPSA) is 96.6 Å². The normalized spacial score (nSPS) is 20.0. The fourth-order valence-electron chi connectivity index (χ4n) is 2.60. The molecule has 1 aromatic heterocycles. The Balaban J connectivity index is 1.56. The Morgan fingerprint density at radius 2 is 2.17 bits per heavy atom. The predicted molar refractivity (Wildman–Crippen MR) is 92.3 cm³/mol. The van der Waals surface area contributed by atoms with E-state index in [0.29, 0.717) is 24.7 Å². The van der Waals surface area contributed by atoms with Gasteiger partial charge in [0.05, 0.1) is 18.1 Å². The van der Waals surface area contributed by atoms with Gasteiger partial charge in [-0.15, -0.1) is 0 Å². The Labute approximate surface area is 141 Å². The van der Waals surface area contributed by atoms with Gasteiger partial charge in [-0.05, 0) is 6.42 Å². The number of sulfone groups is 1. The smallest absolute Gasteiger partial charge is 0.191 e. The van der Waals surface area contributed by atoms with Crippen LogP contribution in [0.15, 0.2) is 45.9 Å². The molecule has 2 heterocycles. The second-order valence-electron chi connectivity index (χ2n) is 5.72. The lowest BCUT2D eigenvalue weighted by Crippen LogP contribution is -2.43. The number of aliphatic imine (C=N–C) groups is 1. The van der Waals surface area contributed by atoms with E-state index in [0.717, 1.165) is 11.3 Å². The summed E-state index contributed by atoms with van der Waals surface area (Å²) < 4.78 is 28.4. The highest BCUT2D eigenvalue weighted by molar-refractivity contribution is 7.91. The predicted octanol–water partition coefficient (Wildman–Crippen LogP) is 1.19. The highest BCUT2D eigenvalue weighted by Crippen LogP contribution is 2.19. The maximum Gasteiger partial charge on any atom is 0.191 e. The van der Waals surface area contributed by atoms with E-state index in [9.17, 15) is 8.42 Å². The zero-order chi connectivity index (χ0) is 17.0. The number of hydrogen-bond acceptors (Lipinski definition) is 5. The van der Waals surface area contributed by atoms with Crippen LogP contribution in [0.25, 0.3) is 11.3 Å². The molecule has 1 atom stereocenters. The van der Waals surface area contributed by atoms with E-state index in [1.807, 2.05) is 36.4 Å². The third-order valence-corrected chi connectivity index (χ3v) is 5.62. The van der Waals surface area contributed by atoms with Crippen LogP contribution in [0, 0.1) is 0 Å². The number of nitrogens with one attached hydrogen (secondary N) is 2. The molecule has 3 rings (SSSR count). The van der Waals surface area contributed by atoms with E-state index in [-0.39, 0.29) is 17.5 Å². The van der Waals surface area contributed by atoms with E-state index in [4.69, 9.17) is 4.52 Å². The molecule has 8 heteroatoms. The van der Waals surface area contributed by atoms with Crippen molar-refractivity contribution in [1.29, 1.82) is 0 Å². The first-order valence-corrected chi connectivity index (χ1v) is 9.56. The van der Waals surface area contributed by atoms with Gasteiger partial charge in [0.2, 0.25) is 0 Å². The highest BCUT2D eigenvalue weighted by atomic mass is 32.2. The van der Waals surface area contributed by atoms with Gasteiger partial charge in [0.25, 0.3) is 0 Å². The van der Waals surface area contributed by atoms with Gasteiger partial charge < -0.3 is 15.2 Å². The molecule has 1 fully saturated rings. The molecule has 2 aromatic rings. The Hall–Kier alpha value is -2.35. The standard InChI is InChI=1S/C16H20N4O3S/c1-17-16(19-13-7-8-24(21,22)11-13)18-10-14-9-15(23-20-14)12-5-3-2-4-6-12/h2-6,9,13H,7-8,10-11H2,1H3,(H2,17,18,19). The highest BCUT2D eigenvalue weighted by Gasteiger charge is 2.28. The fraction of sp³-hybridized carbons (Fsp3) is 0.375. The average Bonchev–Trinajstić information content (AvgIpc) is 3.18. The SMILES string of the molecule is CN=C(NCc1cc(-c2ccccc2)on1)NC1CCS(=O)(=O)C1. The number of benzene rings is 1. The van der Waals surface area contributed by atoms with E-state index >= 15 is 0 Å². The van der Waals surface area contributed by atoms with Gasteiger partial charge in [-0.2, -0.15) is 0 Å². The van der Waals surface area contributed by atoms with Crippen molar-refractivity contribution < 1.29 is 12.9 Å². The summed E-state index contributed by atoms with van der Waals surface area (Å²) in [7, 11) is -1.27. The van der Waals surface area contributed by atoms with Gasteiger partial charge >= 0.3 is 0 Å². The van der Waals surface area contributed by atoms with Crippen LogP contribution < -0.4 is 10.6 Å². The summed E-state index contributed by atoms with van der Waals surface area (Å²) >= 11 is 0. The molecular weight excluding hydrogens is 328 g/mol. The Bertz CT molecular complexity index is 815. The lowest BCUT2D eigenvalue weighted by atomic mass is 10.2. The molecule has 0 saturated carbocycles. The molecule has 0 amide bonds.